The van der Waals surface area contributed by atoms with E-state index in [1.54, 1.807) is 48.5 Å². The second kappa shape index (κ2) is 27.0. The summed E-state index contributed by atoms with van der Waals surface area (Å²) < 4.78 is 16.9. The van der Waals surface area contributed by atoms with Crippen LogP contribution in [0.15, 0.2) is 73.0 Å². The number of hydrogen-bond donors (Lipinski definition) is 2. The minimum absolute atomic E-state index is 0.0324. The van der Waals surface area contributed by atoms with E-state index in [0.717, 1.165) is 89.9 Å². The van der Waals surface area contributed by atoms with Crippen LogP contribution in [0.4, 0.5) is 0 Å². The highest BCUT2D eigenvalue weighted by atomic mass is 35.5. The molecule has 0 saturated heterocycles. The smallest absolute Gasteiger partial charge is 0.305 e. The number of aromatic nitrogens is 3. The van der Waals surface area contributed by atoms with E-state index in [9.17, 15) is 15.0 Å². The van der Waals surface area contributed by atoms with Crippen molar-refractivity contribution < 1.29 is 39.0 Å². The number of benzene rings is 3. The average Bonchev–Trinajstić information content (AvgIpc) is 3.23. The van der Waals surface area contributed by atoms with Gasteiger partial charge in [0.05, 0.1) is 37.6 Å². The van der Waals surface area contributed by atoms with Gasteiger partial charge in [-0.3, -0.25) is 4.79 Å². The van der Waals surface area contributed by atoms with E-state index in [4.69, 9.17) is 50.5 Å². The first-order valence-corrected chi connectivity index (χ1v) is 21.7. The lowest BCUT2D eigenvalue weighted by atomic mass is 10.1. The average molecular weight is 832 g/mol. The van der Waals surface area contributed by atoms with Crippen molar-refractivity contribution in [3.05, 3.63) is 78.0 Å². The molecule has 0 aliphatic carbocycles. The van der Waals surface area contributed by atoms with Gasteiger partial charge in [0.25, 0.3) is 0 Å². The zero-order valence-corrected chi connectivity index (χ0v) is 35.6. The molecule has 0 atom stereocenters. The van der Waals surface area contributed by atoms with Crippen molar-refractivity contribution in [3.63, 3.8) is 0 Å². The summed E-state index contributed by atoms with van der Waals surface area (Å²) >= 11 is 6.17. The predicted octanol–water partition coefficient (Wildman–Crippen LogP) is 12.4. The molecule has 1 heterocycles. The number of rotatable bonds is 30. The Morgan fingerprint density at radius 3 is 1.53 bits per heavy atom. The Kier molecular flexibility index (Phi) is 21.4. The summed E-state index contributed by atoms with van der Waals surface area (Å²) in [5.74, 6) is 2.46. The summed E-state index contributed by atoms with van der Waals surface area (Å²) in [6, 6.07) is 17.3. The summed E-state index contributed by atoms with van der Waals surface area (Å²) in [6.45, 7) is 9.62. The monoisotopic (exact) mass is 831 g/mol. The summed E-state index contributed by atoms with van der Waals surface area (Å²) in [5.41, 5.74) is 1.50. The second-order valence-corrected chi connectivity index (χ2v) is 14.9. The number of nitrogens with zero attached hydrogens (tertiary/aromatic N) is 3. The zero-order chi connectivity index (χ0) is 42.1. The van der Waals surface area contributed by atoms with Crippen molar-refractivity contribution in [2.45, 2.75) is 123 Å². The summed E-state index contributed by atoms with van der Waals surface area (Å²) in [5, 5.41) is 22.9. The van der Waals surface area contributed by atoms with Crippen molar-refractivity contribution >= 4 is 17.6 Å². The molecule has 3 aromatic carbocycles. The fourth-order valence-electron chi connectivity index (χ4n) is 6.46. The quantitative estimate of drug-likeness (QED) is 0.0170. The van der Waals surface area contributed by atoms with Crippen LogP contribution in [0.2, 0.25) is 5.02 Å². The van der Waals surface area contributed by atoms with Crippen molar-refractivity contribution in [1.82, 2.24) is 15.0 Å². The maximum absolute atomic E-state index is 11.4. The third-order valence-corrected chi connectivity index (χ3v) is 9.92. The molecule has 11 nitrogen and oxygen atoms in total. The van der Waals surface area contributed by atoms with Gasteiger partial charge in [-0.1, -0.05) is 88.8 Å². The first-order chi connectivity index (χ1) is 28.8. The first kappa shape index (κ1) is 46.8. The van der Waals surface area contributed by atoms with Crippen LogP contribution >= 0.6 is 11.6 Å². The minimum Gasteiger partial charge on any atom is -0.507 e. The van der Waals surface area contributed by atoms with E-state index < -0.39 is 0 Å². The van der Waals surface area contributed by atoms with Crippen LogP contribution in [0.25, 0.3) is 34.2 Å². The Bertz CT molecular complexity index is 1860. The Morgan fingerprint density at radius 1 is 0.593 bits per heavy atom. The minimum atomic E-state index is -0.104. The van der Waals surface area contributed by atoms with Gasteiger partial charge in [0.1, 0.15) is 28.8 Å². The summed E-state index contributed by atoms with van der Waals surface area (Å²) in [7, 11) is 0. The van der Waals surface area contributed by atoms with Crippen LogP contribution in [0.1, 0.15) is 123 Å². The molecule has 0 aliphatic rings. The number of phenols is 2. The topological polar surface area (TPSA) is 142 Å². The van der Waals surface area contributed by atoms with Crippen LogP contribution < -0.4 is 9.47 Å². The lowest BCUT2D eigenvalue weighted by Gasteiger charge is -2.12. The van der Waals surface area contributed by atoms with Crippen molar-refractivity contribution in [2.24, 2.45) is 0 Å². The van der Waals surface area contributed by atoms with Crippen LogP contribution in [0.3, 0.4) is 0 Å². The number of unbranched alkanes of at least 4 members (excludes halogenated alkanes) is 13. The van der Waals surface area contributed by atoms with Crippen molar-refractivity contribution in [3.8, 4) is 57.2 Å². The predicted molar refractivity (Wildman–Crippen MR) is 232 cm³/mol. The molecule has 4 aromatic rings. The first-order valence-electron chi connectivity index (χ1n) is 21.3. The molecule has 0 radical (unpaired) electrons. The molecule has 4 rings (SSSR count). The van der Waals surface area contributed by atoms with E-state index in [0.29, 0.717) is 77.6 Å². The van der Waals surface area contributed by atoms with E-state index in [2.05, 4.69) is 6.58 Å². The van der Waals surface area contributed by atoms with Gasteiger partial charge in [-0.25, -0.2) is 15.0 Å². The largest absolute Gasteiger partial charge is 0.507 e. The van der Waals surface area contributed by atoms with Gasteiger partial charge < -0.3 is 29.3 Å². The Labute approximate surface area is 355 Å². The van der Waals surface area contributed by atoms with E-state index in [1.807, 2.05) is 26.0 Å². The lowest BCUT2D eigenvalue weighted by molar-refractivity contribution is -0.259. The number of phenolic OH excluding ortho intramolecular Hbond substituents is 2. The highest BCUT2D eigenvalue weighted by Gasteiger charge is 2.18. The molecule has 0 spiro atoms. The molecule has 2 N–H and O–H groups in total. The van der Waals surface area contributed by atoms with Crippen LogP contribution in [0, 0.1) is 0 Å². The van der Waals surface area contributed by atoms with E-state index in [-0.39, 0.29) is 29.1 Å². The molecule has 0 saturated carbocycles. The van der Waals surface area contributed by atoms with Gasteiger partial charge in [-0.15, -0.1) is 0 Å². The van der Waals surface area contributed by atoms with Gasteiger partial charge in [-0.05, 0) is 88.1 Å². The Balaban J connectivity index is 1.28. The second-order valence-electron chi connectivity index (χ2n) is 14.5. The third kappa shape index (κ3) is 17.5. The number of hydrogen-bond acceptors (Lipinski definition) is 11. The standard InChI is InChI=1S/C47H62ClN3O8/c1-4-55-44(54)22-18-14-10-6-7-11-15-19-31-56-38-27-29-40(42(52)33-38)46-49-45(36-23-25-37(48)26-24-36)50-47(51-46)41-30-28-39(34-43(41)53)57-32-20-16-12-8-9-13-17-21-35(3)59-58-5-2/h23-30,33-34,52-53H,3-22,31-32H2,1-2H3. The number of esters is 1. The molecule has 0 unspecified atom stereocenters. The van der Waals surface area contributed by atoms with E-state index >= 15 is 0 Å². The molecule has 0 amide bonds. The molecule has 320 valence electrons. The van der Waals surface area contributed by atoms with E-state index in [1.165, 1.54) is 12.8 Å². The number of allylic oxidation sites excluding steroid dienone is 1. The van der Waals surface area contributed by atoms with Crippen LogP contribution in [-0.2, 0) is 19.3 Å². The summed E-state index contributed by atoms with van der Waals surface area (Å²) in [6.07, 6.45) is 17.4. The molecular formula is C47H62ClN3O8. The van der Waals surface area contributed by atoms with Gasteiger partial charge in [0.15, 0.2) is 17.5 Å². The highest BCUT2D eigenvalue weighted by molar-refractivity contribution is 6.30. The fourth-order valence-corrected chi connectivity index (χ4v) is 6.59. The molecule has 1 aromatic heterocycles. The van der Waals surface area contributed by atoms with Crippen LogP contribution in [-0.4, -0.2) is 57.6 Å². The van der Waals surface area contributed by atoms with Gasteiger partial charge >= 0.3 is 5.97 Å². The maximum atomic E-state index is 11.4. The zero-order valence-electron chi connectivity index (χ0n) is 34.9. The molecule has 0 bridgehead atoms. The molecule has 0 aliphatic heterocycles. The molecular weight excluding hydrogens is 770 g/mol. The van der Waals surface area contributed by atoms with Gasteiger partial charge in [0.2, 0.25) is 0 Å². The van der Waals surface area contributed by atoms with Crippen molar-refractivity contribution in [2.75, 3.05) is 26.4 Å². The fraction of sp³-hybridized carbons (Fsp3) is 0.489. The molecule has 59 heavy (non-hydrogen) atoms. The van der Waals surface area contributed by atoms with Crippen LogP contribution in [0.5, 0.6) is 23.0 Å². The molecule has 0 fully saturated rings. The number of carbonyl (C=O) groups excluding carboxylic acids is 1. The third-order valence-electron chi connectivity index (χ3n) is 9.67. The SMILES string of the molecule is C=C(CCCCCCCCCOc1ccc(-c2nc(-c3ccc(Cl)cc3)nc(-c3ccc(OCCCCCCCCCCC(=O)OCC)cc3O)n2)c(O)c1)OOCC. The maximum Gasteiger partial charge on any atom is 0.305 e. The van der Waals surface area contributed by atoms with Gasteiger partial charge in [-0.2, -0.15) is 4.89 Å². The summed E-state index contributed by atoms with van der Waals surface area (Å²) in [4.78, 5) is 35.5. The number of carbonyl (C=O) groups is 1. The number of halogens is 1. The number of aromatic hydroxyl groups is 2. The Hall–Kier alpha value is -4.87. The number of ether oxygens (including phenoxy) is 3. The lowest BCUT2D eigenvalue weighted by Crippen LogP contribution is -2.03. The molecule has 12 heteroatoms. The van der Waals surface area contributed by atoms with Gasteiger partial charge in [0, 0.05) is 35.6 Å². The normalized spacial score (nSPS) is 11.0. The Morgan fingerprint density at radius 2 is 1.05 bits per heavy atom. The highest BCUT2D eigenvalue weighted by Crippen LogP contribution is 2.36. The van der Waals surface area contributed by atoms with Crippen molar-refractivity contribution in [1.29, 1.82) is 0 Å².